The van der Waals surface area contributed by atoms with E-state index in [-0.39, 0.29) is 18.9 Å². The fourth-order valence-corrected chi connectivity index (χ4v) is 6.34. The van der Waals surface area contributed by atoms with Crippen molar-refractivity contribution in [3.63, 3.8) is 0 Å². The van der Waals surface area contributed by atoms with Gasteiger partial charge in [0.05, 0.1) is 23.9 Å². The number of likely N-dealkylation sites (tertiary alicyclic amines) is 1. The summed E-state index contributed by atoms with van der Waals surface area (Å²) in [5.74, 6) is 0. The summed E-state index contributed by atoms with van der Waals surface area (Å²) < 4.78 is 19.8. The van der Waals surface area contributed by atoms with Crippen LogP contribution < -0.4 is 5.32 Å². The van der Waals surface area contributed by atoms with E-state index in [1.54, 1.807) is 4.90 Å². The molecule has 2 aliphatic heterocycles. The van der Waals surface area contributed by atoms with Gasteiger partial charge in [0.2, 0.25) is 0 Å². The van der Waals surface area contributed by atoms with Crippen molar-refractivity contribution in [2.24, 2.45) is 0 Å². The first kappa shape index (κ1) is 29.9. The minimum atomic E-state index is -0.593. The first-order valence-corrected chi connectivity index (χ1v) is 15.0. The van der Waals surface area contributed by atoms with Crippen LogP contribution in [0.1, 0.15) is 84.4 Å². The number of carbonyl (C=O) groups is 2. The Morgan fingerprint density at radius 1 is 1.28 bits per heavy atom. The fraction of sp³-hybridized carbons (Fsp3) is 0.679. The van der Waals surface area contributed by atoms with E-state index in [4.69, 9.17) is 25.8 Å². The predicted molar refractivity (Wildman–Crippen MR) is 154 cm³/mol. The second kappa shape index (κ2) is 12.6. The fourth-order valence-electron chi connectivity index (χ4n) is 5.21. The third-order valence-electron chi connectivity index (χ3n) is 7.12. The van der Waals surface area contributed by atoms with Gasteiger partial charge in [-0.1, -0.05) is 11.6 Å². The molecule has 1 unspecified atom stereocenters. The Labute approximate surface area is 244 Å². The molecule has 0 spiro atoms. The van der Waals surface area contributed by atoms with Crippen molar-refractivity contribution in [1.82, 2.24) is 20.0 Å². The van der Waals surface area contributed by atoms with Gasteiger partial charge < -0.3 is 24.4 Å². The molecule has 39 heavy (non-hydrogen) atoms. The molecule has 9 nitrogen and oxygen atoms in total. The zero-order valence-corrected chi connectivity index (χ0v) is 25.7. The predicted octanol–water partition coefficient (Wildman–Crippen LogP) is 6.99. The Kier molecular flexibility index (Phi) is 9.70. The molecule has 0 aliphatic carbocycles. The molecule has 2 saturated heterocycles. The maximum absolute atomic E-state index is 12.7. The van der Waals surface area contributed by atoms with Crippen molar-refractivity contribution in [2.75, 3.05) is 26.3 Å². The van der Waals surface area contributed by atoms with E-state index in [2.05, 4.69) is 26.3 Å². The highest BCUT2D eigenvalue weighted by Gasteiger charge is 2.35. The van der Waals surface area contributed by atoms with Crippen molar-refractivity contribution in [1.29, 1.82) is 0 Å². The van der Waals surface area contributed by atoms with Crippen LogP contribution in [0.15, 0.2) is 16.7 Å². The van der Waals surface area contributed by atoms with E-state index in [1.807, 2.05) is 44.6 Å². The van der Waals surface area contributed by atoms with E-state index in [1.165, 1.54) is 0 Å². The number of rotatable bonds is 6. The van der Waals surface area contributed by atoms with Crippen LogP contribution in [0.2, 0.25) is 5.02 Å². The smallest absolute Gasteiger partial charge is 0.410 e. The third kappa shape index (κ3) is 7.79. The van der Waals surface area contributed by atoms with Gasteiger partial charge in [0.15, 0.2) is 6.23 Å². The molecule has 0 radical (unpaired) electrons. The van der Waals surface area contributed by atoms with E-state index < -0.39 is 17.2 Å². The molecule has 0 saturated carbocycles. The molecule has 11 heteroatoms. The van der Waals surface area contributed by atoms with Crippen LogP contribution in [0, 0.1) is 0 Å². The van der Waals surface area contributed by atoms with E-state index >= 15 is 0 Å². The number of amides is 2. The number of hydrogen-bond donors (Lipinski definition) is 1. The highest BCUT2D eigenvalue weighted by molar-refractivity contribution is 9.10. The first-order valence-electron chi connectivity index (χ1n) is 13.8. The van der Waals surface area contributed by atoms with Gasteiger partial charge in [-0.3, -0.25) is 0 Å². The van der Waals surface area contributed by atoms with Crippen molar-refractivity contribution in [3.05, 3.63) is 27.3 Å². The number of fused-ring (bicyclic) bond motifs is 1. The molecular weight excluding hydrogens is 588 g/mol. The summed E-state index contributed by atoms with van der Waals surface area (Å²) >= 11 is 10.4. The highest BCUT2D eigenvalue weighted by atomic mass is 79.9. The van der Waals surface area contributed by atoms with Gasteiger partial charge in [0, 0.05) is 34.6 Å². The molecule has 1 aromatic heterocycles. The molecule has 216 valence electrons. The number of halogens is 2. The Hall–Kier alpha value is -2.04. The lowest BCUT2D eigenvalue weighted by molar-refractivity contribution is -0.0366. The quantitative estimate of drug-likeness (QED) is 0.347. The van der Waals surface area contributed by atoms with Gasteiger partial charge in [-0.15, -0.1) is 0 Å². The number of hydrogen-bond acceptors (Lipinski definition) is 6. The van der Waals surface area contributed by atoms with Gasteiger partial charge in [-0.2, -0.15) is 5.10 Å². The minimum Gasteiger partial charge on any atom is -0.450 e. The molecule has 2 aliphatic rings. The van der Waals surface area contributed by atoms with Gasteiger partial charge >= 0.3 is 12.2 Å². The van der Waals surface area contributed by atoms with Crippen LogP contribution in [-0.2, 0) is 20.6 Å². The zero-order valence-electron chi connectivity index (χ0n) is 23.4. The van der Waals surface area contributed by atoms with Crippen molar-refractivity contribution in [3.8, 4) is 0 Å². The largest absolute Gasteiger partial charge is 0.450 e. The second-order valence-electron chi connectivity index (χ2n) is 11.8. The molecule has 2 aromatic rings. The van der Waals surface area contributed by atoms with E-state index in [0.29, 0.717) is 31.0 Å². The highest BCUT2D eigenvalue weighted by Crippen LogP contribution is 2.36. The van der Waals surface area contributed by atoms with Crippen LogP contribution in [0.25, 0.3) is 10.9 Å². The maximum Gasteiger partial charge on any atom is 0.410 e. The topological polar surface area (TPSA) is 94.9 Å². The molecule has 1 aromatic carbocycles. The second-order valence-corrected chi connectivity index (χ2v) is 13.0. The molecule has 1 N–H and O–H groups in total. The lowest BCUT2D eigenvalue weighted by Gasteiger charge is -2.34. The Morgan fingerprint density at radius 2 is 2.08 bits per heavy atom. The standard InChI is InChI=1S/C28H40BrClN4O5/c1-27(2,3)39-26(36)33-13-7-6-12-28(4,18-33)32-25(35)38-15-9-10-19-21(30)16-22-20(24(19)29)17-31-34(22)23-11-5-8-14-37-23/h16-17,23H,5-15,18H2,1-4H3,(H,32,35)/t23?,28-/m1/s1. The molecule has 2 amide bonds. The summed E-state index contributed by atoms with van der Waals surface area (Å²) in [5.41, 5.74) is 0.736. The summed E-state index contributed by atoms with van der Waals surface area (Å²) in [6, 6.07) is 1.94. The summed E-state index contributed by atoms with van der Waals surface area (Å²) in [4.78, 5) is 27.0. The number of ether oxygens (including phenoxy) is 3. The Morgan fingerprint density at radius 3 is 2.79 bits per heavy atom. The van der Waals surface area contributed by atoms with Crippen LogP contribution >= 0.6 is 27.5 Å². The summed E-state index contributed by atoms with van der Waals surface area (Å²) in [6.07, 6.45) is 7.82. The van der Waals surface area contributed by atoms with Gasteiger partial charge in [0.25, 0.3) is 0 Å². The summed E-state index contributed by atoms with van der Waals surface area (Å²) in [6.45, 7) is 9.46. The molecule has 2 fully saturated rings. The summed E-state index contributed by atoms with van der Waals surface area (Å²) in [5, 5.41) is 9.20. The number of aromatic nitrogens is 2. The van der Waals surface area contributed by atoms with Crippen molar-refractivity contribution < 1.29 is 23.8 Å². The first-order chi connectivity index (χ1) is 18.5. The average molecular weight is 628 g/mol. The lowest BCUT2D eigenvalue weighted by Crippen LogP contribution is -2.54. The van der Waals surface area contributed by atoms with Crippen LogP contribution in [-0.4, -0.2) is 64.3 Å². The Balaban J connectivity index is 1.30. The van der Waals surface area contributed by atoms with Gasteiger partial charge in [-0.05, 0) is 107 Å². The van der Waals surface area contributed by atoms with Gasteiger partial charge in [-0.25, -0.2) is 14.3 Å². The van der Waals surface area contributed by atoms with E-state index in [0.717, 1.165) is 66.1 Å². The van der Waals surface area contributed by atoms with Crippen LogP contribution in [0.4, 0.5) is 9.59 Å². The van der Waals surface area contributed by atoms with Gasteiger partial charge in [0.1, 0.15) is 5.60 Å². The lowest BCUT2D eigenvalue weighted by atomic mass is 9.96. The molecule has 0 bridgehead atoms. The average Bonchev–Trinajstić information content (AvgIpc) is 3.18. The number of benzene rings is 1. The molecular formula is C28H40BrClN4O5. The van der Waals surface area contributed by atoms with E-state index in [9.17, 15) is 9.59 Å². The SMILES string of the molecule is CC(C)(C)OC(=O)N1CCCC[C@@](C)(NC(=O)OCCCc2c(Cl)cc3c(cnn3C3CCCCO3)c2Br)C1. The minimum absolute atomic E-state index is 0.0662. The molecule has 2 atom stereocenters. The Bertz CT molecular complexity index is 1180. The molecule has 4 rings (SSSR count). The number of nitrogens with zero attached hydrogens (tertiary/aromatic N) is 3. The zero-order chi connectivity index (χ0) is 28.2. The van der Waals surface area contributed by atoms with Crippen LogP contribution in [0.3, 0.4) is 0 Å². The third-order valence-corrected chi connectivity index (χ3v) is 8.36. The normalized spacial score (nSPS) is 22.4. The van der Waals surface area contributed by atoms with Crippen molar-refractivity contribution in [2.45, 2.75) is 96.4 Å². The number of alkyl carbamates (subject to hydrolysis) is 1. The van der Waals surface area contributed by atoms with Crippen LogP contribution in [0.5, 0.6) is 0 Å². The number of carbonyl (C=O) groups excluding carboxylic acids is 2. The summed E-state index contributed by atoms with van der Waals surface area (Å²) in [7, 11) is 0. The molecule has 3 heterocycles. The van der Waals surface area contributed by atoms with Crippen molar-refractivity contribution >= 4 is 50.6 Å². The maximum atomic E-state index is 12.7. The number of nitrogens with one attached hydrogen (secondary N) is 1. The monoisotopic (exact) mass is 626 g/mol.